The molecule has 0 bridgehead atoms. The summed E-state index contributed by atoms with van der Waals surface area (Å²) in [5.74, 6) is -0.546. The Hall–Kier alpha value is -3.52. The zero-order valence-electron chi connectivity index (χ0n) is 19.4. The molecule has 0 amide bonds. The molecule has 36 heavy (non-hydrogen) atoms. The number of ether oxygens (including phenoxy) is 2. The van der Waals surface area contributed by atoms with E-state index in [1.807, 2.05) is 0 Å². The summed E-state index contributed by atoms with van der Waals surface area (Å²) in [7, 11) is 1.50. The van der Waals surface area contributed by atoms with E-state index < -0.39 is 33.9 Å². The number of halogens is 1. The highest BCUT2D eigenvalue weighted by molar-refractivity contribution is 14.1. The van der Waals surface area contributed by atoms with Gasteiger partial charge in [-0.25, -0.2) is 9.79 Å². The standard InChI is InChI=1S/C24H20IN3O7S/c1-4-35-23(31)19-12(2)26-24-27(20(19)14-7-5-6-8-17(14)34-3)22(30)18(36-24)11-13-9-15(25)21(29)16(10-13)28(32)33/h5-11,20,29H,4H2,1-3H3. The van der Waals surface area contributed by atoms with Crippen molar-refractivity contribution in [2.24, 2.45) is 4.99 Å². The van der Waals surface area contributed by atoms with E-state index in [9.17, 15) is 24.8 Å². The van der Waals surface area contributed by atoms with E-state index in [-0.39, 0.29) is 20.3 Å². The lowest BCUT2D eigenvalue weighted by atomic mass is 9.95. The van der Waals surface area contributed by atoms with Gasteiger partial charge in [0.25, 0.3) is 5.56 Å². The van der Waals surface area contributed by atoms with Gasteiger partial charge in [-0.15, -0.1) is 0 Å². The van der Waals surface area contributed by atoms with Gasteiger partial charge >= 0.3 is 11.7 Å². The summed E-state index contributed by atoms with van der Waals surface area (Å²) < 4.78 is 12.7. The van der Waals surface area contributed by atoms with Crippen LogP contribution in [0.4, 0.5) is 5.69 Å². The van der Waals surface area contributed by atoms with Crippen LogP contribution in [0.5, 0.6) is 11.5 Å². The number of nitrogens with zero attached hydrogens (tertiary/aromatic N) is 3. The van der Waals surface area contributed by atoms with E-state index in [2.05, 4.69) is 4.99 Å². The monoisotopic (exact) mass is 621 g/mol. The minimum Gasteiger partial charge on any atom is -0.501 e. The van der Waals surface area contributed by atoms with E-state index in [1.165, 1.54) is 29.9 Å². The van der Waals surface area contributed by atoms with Crippen LogP contribution in [0.1, 0.15) is 31.0 Å². The highest BCUT2D eigenvalue weighted by atomic mass is 127. The number of methoxy groups -OCH3 is 1. The molecule has 12 heteroatoms. The molecule has 0 fully saturated rings. The number of rotatable bonds is 6. The number of hydrogen-bond donors (Lipinski definition) is 1. The Balaban J connectivity index is 1.99. The van der Waals surface area contributed by atoms with Crippen molar-refractivity contribution in [2.75, 3.05) is 13.7 Å². The number of phenols is 1. The summed E-state index contributed by atoms with van der Waals surface area (Å²) in [6.07, 6.45) is 1.50. The Morgan fingerprint density at radius 3 is 2.75 bits per heavy atom. The molecule has 1 aliphatic heterocycles. The molecule has 1 unspecified atom stereocenters. The van der Waals surface area contributed by atoms with Gasteiger partial charge in [-0.05, 0) is 60.2 Å². The molecule has 1 N–H and O–H groups in total. The molecule has 10 nitrogen and oxygen atoms in total. The Morgan fingerprint density at radius 2 is 2.08 bits per heavy atom. The maximum absolute atomic E-state index is 13.7. The number of carbonyl (C=O) groups is 1. The van der Waals surface area contributed by atoms with Gasteiger partial charge in [-0.2, -0.15) is 0 Å². The van der Waals surface area contributed by atoms with Crippen LogP contribution in [0.2, 0.25) is 0 Å². The average Bonchev–Trinajstić information content (AvgIpc) is 3.14. The number of aromatic nitrogens is 1. The number of para-hydroxylation sites is 1. The fraction of sp³-hybridized carbons (Fsp3) is 0.208. The number of esters is 1. The first-order valence-corrected chi connectivity index (χ1v) is 12.6. The molecule has 1 aliphatic rings. The molecule has 0 saturated heterocycles. The summed E-state index contributed by atoms with van der Waals surface area (Å²) >= 11 is 2.88. The van der Waals surface area contributed by atoms with E-state index in [0.29, 0.717) is 27.4 Å². The molecule has 0 aliphatic carbocycles. The zero-order valence-corrected chi connectivity index (χ0v) is 22.3. The van der Waals surface area contributed by atoms with Gasteiger partial charge < -0.3 is 14.6 Å². The number of carbonyl (C=O) groups excluding carboxylic acids is 1. The van der Waals surface area contributed by atoms with Gasteiger partial charge in [-0.1, -0.05) is 29.5 Å². The molecule has 186 valence electrons. The smallest absolute Gasteiger partial charge is 0.338 e. The minimum absolute atomic E-state index is 0.150. The number of allylic oxidation sites excluding steroid dienone is 1. The molecular weight excluding hydrogens is 601 g/mol. The van der Waals surface area contributed by atoms with E-state index in [4.69, 9.17) is 9.47 Å². The maximum Gasteiger partial charge on any atom is 0.338 e. The van der Waals surface area contributed by atoms with Gasteiger partial charge in [0.2, 0.25) is 5.75 Å². The number of hydrogen-bond acceptors (Lipinski definition) is 9. The molecule has 1 atom stereocenters. The predicted octanol–water partition coefficient (Wildman–Crippen LogP) is 3.03. The summed E-state index contributed by atoms with van der Waals surface area (Å²) in [5.41, 5.74) is 0.675. The van der Waals surface area contributed by atoms with Crippen LogP contribution in [0.15, 0.2) is 57.5 Å². The molecule has 0 spiro atoms. The third-order valence-electron chi connectivity index (χ3n) is 5.51. The second-order valence-corrected chi connectivity index (χ2v) is 9.84. The number of thiazole rings is 1. The van der Waals surface area contributed by atoms with Crippen molar-refractivity contribution in [3.63, 3.8) is 0 Å². The van der Waals surface area contributed by atoms with Crippen molar-refractivity contribution in [1.82, 2.24) is 4.57 Å². The number of aromatic hydroxyl groups is 1. The lowest BCUT2D eigenvalue weighted by Crippen LogP contribution is -2.40. The molecule has 1 aromatic heterocycles. The Kier molecular flexibility index (Phi) is 7.26. The quantitative estimate of drug-likeness (QED) is 0.194. The van der Waals surface area contributed by atoms with Crippen molar-refractivity contribution in [2.45, 2.75) is 19.9 Å². The second-order valence-electron chi connectivity index (χ2n) is 7.67. The normalized spacial score (nSPS) is 15.3. The van der Waals surface area contributed by atoms with Gasteiger partial charge in [0.15, 0.2) is 4.80 Å². The fourth-order valence-electron chi connectivity index (χ4n) is 3.96. The van der Waals surface area contributed by atoms with Crippen molar-refractivity contribution in [3.8, 4) is 11.5 Å². The SMILES string of the molecule is CCOC(=O)C1=C(C)N=c2sc(=Cc3cc(I)c(O)c([N+](=O)[O-])c3)c(=O)n2C1c1ccccc1OC. The lowest BCUT2D eigenvalue weighted by molar-refractivity contribution is -0.386. The van der Waals surface area contributed by atoms with Crippen LogP contribution in [0.25, 0.3) is 6.08 Å². The molecule has 2 heterocycles. The topological polar surface area (TPSA) is 133 Å². The number of fused-ring (bicyclic) bond motifs is 1. The third kappa shape index (κ3) is 4.53. The van der Waals surface area contributed by atoms with Crippen LogP contribution in [-0.4, -0.2) is 34.3 Å². The summed E-state index contributed by atoms with van der Waals surface area (Å²) in [5, 5.41) is 21.4. The van der Waals surface area contributed by atoms with Crippen LogP contribution < -0.4 is 19.6 Å². The molecule has 0 saturated carbocycles. The Bertz CT molecular complexity index is 1610. The van der Waals surface area contributed by atoms with Gasteiger partial charge in [-0.3, -0.25) is 19.5 Å². The Labute approximate surface area is 222 Å². The van der Waals surface area contributed by atoms with Crippen LogP contribution in [0, 0.1) is 13.7 Å². The predicted molar refractivity (Wildman–Crippen MR) is 141 cm³/mol. The first-order chi connectivity index (χ1) is 17.2. The lowest BCUT2D eigenvalue weighted by Gasteiger charge is -2.25. The van der Waals surface area contributed by atoms with Crippen molar-refractivity contribution < 1.29 is 24.3 Å². The van der Waals surface area contributed by atoms with Crippen LogP contribution >= 0.6 is 33.9 Å². The van der Waals surface area contributed by atoms with Crippen LogP contribution in [0.3, 0.4) is 0 Å². The van der Waals surface area contributed by atoms with Crippen molar-refractivity contribution in [3.05, 3.63) is 92.2 Å². The van der Waals surface area contributed by atoms with Gasteiger partial charge in [0.05, 0.1) is 38.0 Å². The zero-order chi connectivity index (χ0) is 26.1. The first-order valence-electron chi connectivity index (χ1n) is 10.7. The van der Waals surface area contributed by atoms with Gasteiger partial charge in [0, 0.05) is 11.6 Å². The largest absolute Gasteiger partial charge is 0.501 e. The second kappa shape index (κ2) is 10.2. The van der Waals surface area contributed by atoms with Crippen LogP contribution in [-0.2, 0) is 9.53 Å². The summed E-state index contributed by atoms with van der Waals surface area (Å²) in [4.78, 5) is 42.2. The molecule has 2 aromatic carbocycles. The molecular formula is C24H20IN3O7S. The van der Waals surface area contributed by atoms with E-state index >= 15 is 0 Å². The fourth-order valence-corrected chi connectivity index (χ4v) is 5.64. The van der Waals surface area contributed by atoms with Crippen molar-refractivity contribution in [1.29, 1.82) is 0 Å². The minimum atomic E-state index is -0.854. The number of benzene rings is 2. The number of nitro benzene ring substituents is 1. The maximum atomic E-state index is 13.7. The third-order valence-corrected chi connectivity index (χ3v) is 7.32. The number of phenolic OH excluding ortho intramolecular Hbond substituents is 1. The number of nitro groups is 1. The highest BCUT2D eigenvalue weighted by Crippen LogP contribution is 2.36. The van der Waals surface area contributed by atoms with E-state index in [1.54, 1.807) is 60.7 Å². The molecule has 3 aromatic rings. The highest BCUT2D eigenvalue weighted by Gasteiger charge is 2.35. The Morgan fingerprint density at radius 1 is 1.36 bits per heavy atom. The summed E-state index contributed by atoms with van der Waals surface area (Å²) in [6, 6.07) is 8.95. The molecule has 0 radical (unpaired) electrons. The average molecular weight is 621 g/mol. The summed E-state index contributed by atoms with van der Waals surface area (Å²) in [6.45, 7) is 3.52. The van der Waals surface area contributed by atoms with E-state index in [0.717, 1.165) is 11.3 Å². The first kappa shape index (κ1) is 25.6. The molecule has 4 rings (SSSR count). The van der Waals surface area contributed by atoms with Crippen molar-refractivity contribution >= 4 is 51.7 Å². The van der Waals surface area contributed by atoms with Gasteiger partial charge in [0.1, 0.15) is 11.8 Å².